The van der Waals surface area contributed by atoms with Gasteiger partial charge >= 0.3 is 13.9 Å². The number of alkyl carbamates (subject to hydrolysis) is 1. The van der Waals surface area contributed by atoms with E-state index in [0.717, 1.165) is 5.56 Å². The lowest BCUT2D eigenvalue weighted by Gasteiger charge is -2.17. The van der Waals surface area contributed by atoms with Crippen LogP contribution in [0.4, 0.5) is 4.79 Å². The van der Waals surface area contributed by atoms with E-state index in [4.69, 9.17) is 20.3 Å². The van der Waals surface area contributed by atoms with Gasteiger partial charge in [-0.3, -0.25) is 9.32 Å². The predicted octanol–water partition coefficient (Wildman–Crippen LogP) is 0.699. The summed E-state index contributed by atoms with van der Waals surface area (Å²) in [5, 5.41) is 2.25. The average Bonchev–Trinajstić information content (AvgIpc) is 2.54. The number of carbonyl (C=O) groups is 2. The van der Waals surface area contributed by atoms with Crippen molar-refractivity contribution in [1.82, 2.24) is 5.32 Å². The predicted molar refractivity (Wildman–Crippen MR) is 84.8 cm³/mol. The lowest BCUT2D eigenvalue weighted by molar-refractivity contribution is -0.126. The van der Waals surface area contributed by atoms with E-state index >= 15 is 0 Å². The Hall–Kier alpha value is -1.77. The van der Waals surface area contributed by atoms with Crippen molar-refractivity contribution in [1.29, 1.82) is 0 Å². The van der Waals surface area contributed by atoms with E-state index in [1.165, 1.54) is 0 Å². The maximum Gasteiger partial charge on any atom is 0.470 e. The van der Waals surface area contributed by atoms with Gasteiger partial charge in [-0.05, 0) is 18.5 Å². The maximum atomic E-state index is 11.9. The maximum absolute atomic E-state index is 11.9. The molecule has 10 heteroatoms. The molecular weight excluding hydrogens is 339 g/mol. The molecule has 0 aliphatic heterocycles. The molecule has 1 aromatic carbocycles. The molecule has 0 fully saturated rings. The van der Waals surface area contributed by atoms with E-state index in [1.807, 2.05) is 6.07 Å². The minimum absolute atomic E-state index is 0.0120. The molecule has 1 atom stereocenters. The number of amides is 1. The molecule has 24 heavy (non-hydrogen) atoms. The summed E-state index contributed by atoms with van der Waals surface area (Å²) >= 11 is 0. The van der Waals surface area contributed by atoms with Crippen LogP contribution in [0, 0.1) is 0 Å². The Morgan fingerprint density at radius 3 is 2.50 bits per heavy atom. The van der Waals surface area contributed by atoms with Crippen LogP contribution in [0.1, 0.15) is 18.4 Å². The molecule has 1 unspecified atom stereocenters. The van der Waals surface area contributed by atoms with Crippen LogP contribution in [0.2, 0.25) is 0 Å². The average molecular weight is 360 g/mol. The fourth-order valence-corrected chi connectivity index (χ4v) is 2.29. The molecule has 1 aromatic rings. The highest BCUT2D eigenvalue weighted by Crippen LogP contribution is 2.37. The van der Waals surface area contributed by atoms with Crippen LogP contribution >= 0.6 is 7.82 Å². The molecule has 0 bridgehead atoms. The monoisotopic (exact) mass is 360 g/mol. The third-order valence-electron chi connectivity index (χ3n) is 2.90. The smallest absolute Gasteiger partial charge is 0.445 e. The van der Waals surface area contributed by atoms with E-state index in [0.29, 0.717) is 6.42 Å². The van der Waals surface area contributed by atoms with Crippen molar-refractivity contribution in [3.05, 3.63) is 35.9 Å². The Morgan fingerprint density at radius 2 is 1.92 bits per heavy atom. The number of phosphoric acid groups is 1. The number of nitrogens with two attached hydrogens (primary N) is 1. The van der Waals surface area contributed by atoms with Crippen LogP contribution in [0.3, 0.4) is 0 Å². The third kappa shape index (κ3) is 8.76. The Bertz CT molecular complexity index is 576. The molecule has 0 saturated heterocycles. The summed E-state index contributed by atoms with van der Waals surface area (Å²) in [7, 11) is -4.88. The first-order valence-electron chi connectivity index (χ1n) is 7.23. The number of rotatable bonds is 10. The summed E-state index contributed by atoms with van der Waals surface area (Å²) in [4.78, 5) is 41.2. The third-order valence-corrected chi connectivity index (χ3v) is 3.42. The molecule has 9 nitrogen and oxygen atoms in total. The van der Waals surface area contributed by atoms with E-state index < -0.39 is 32.3 Å². The lowest BCUT2D eigenvalue weighted by Crippen LogP contribution is -2.38. The lowest BCUT2D eigenvalue weighted by atomic mass is 10.1. The van der Waals surface area contributed by atoms with Crippen LogP contribution < -0.4 is 11.1 Å². The van der Waals surface area contributed by atoms with Crippen LogP contribution in [-0.2, 0) is 25.2 Å². The Kier molecular flexibility index (Phi) is 8.59. The van der Waals surface area contributed by atoms with E-state index in [-0.39, 0.29) is 19.6 Å². The van der Waals surface area contributed by atoms with Crippen molar-refractivity contribution in [2.45, 2.75) is 25.6 Å². The quantitative estimate of drug-likeness (QED) is 0.446. The zero-order chi connectivity index (χ0) is 18.0. The number of hydrogen-bond donors (Lipinski definition) is 4. The van der Waals surface area contributed by atoms with Crippen molar-refractivity contribution in [3.63, 3.8) is 0 Å². The molecule has 0 spiro atoms. The van der Waals surface area contributed by atoms with E-state index in [1.54, 1.807) is 24.3 Å². The van der Waals surface area contributed by atoms with Gasteiger partial charge in [0.1, 0.15) is 12.7 Å². The summed E-state index contributed by atoms with van der Waals surface area (Å²) in [5.74, 6) is -0.563. The zero-order valence-corrected chi connectivity index (χ0v) is 13.9. The second-order valence-electron chi connectivity index (χ2n) is 4.89. The van der Waals surface area contributed by atoms with Crippen LogP contribution in [0.15, 0.2) is 30.3 Å². The molecule has 1 amide bonds. The van der Waals surface area contributed by atoms with Gasteiger partial charge < -0.3 is 25.6 Å². The number of ether oxygens (including phenoxy) is 1. The fourth-order valence-electron chi connectivity index (χ4n) is 1.76. The van der Waals surface area contributed by atoms with Crippen LogP contribution in [0.5, 0.6) is 0 Å². The van der Waals surface area contributed by atoms with Crippen molar-refractivity contribution in [2.24, 2.45) is 5.73 Å². The van der Waals surface area contributed by atoms with E-state index in [2.05, 4.69) is 9.84 Å². The molecule has 0 aliphatic carbocycles. The minimum atomic E-state index is -4.88. The summed E-state index contributed by atoms with van der Waals surface area (Å²) in [6.45, 7) is -0.138. The van der Waals surface area contributed by atoms with Crippen molar-refractivity contribution >= 4 is 19.7 Å². The van der Waals surface area contributed by atoms with Crippen LogP contribution in [-0.4, -0.2) is 40.9 Å². The first-order valence-corrected chi connectivity index (χ1v) is 8.76. The number of carbonyl (C=O) groups excluding carboxylic acids is 2. The standard InChI is InChI=1S/C14H21N2O7P/c15-8-4-7-12(17)13(23-24(19,20)21)9-16-14(18)22-10-11-5-2-1-3-6-11/h1-3,5-6,13H,4,7-10,15H2,(H,16,18)(H2,19,20,21). The number of hydrogen-bond acceptors (Lipinski definition) is 6. The first kappa shape index (κ1) is 20.3. The molecule has 5 N–H and O–H groups in total. The molecule has 0 radical (unpaired) electrons. The number of ketones is 1. The normalized spacial score (nSPS) is 12.5. The summed E-state index contributed by atoms with van der Waals surface area (Å²) in [6.07, 6.45) is -1.97. The molecule has 0 heterocycles. The Morgan fingerprint density at radius 1 is 1.25 bits per heavy atom. The Balaban J connectivity index is 2.48. The van der Waals surface area contributed by atoms with Gasteiger partial charge in [0.2, 0.25) is 0 Å². The van der Waals surface area contributed by atoms with Gasteiger partial charge in [-0.15, -0.1) is 0 Å². The van der Waals surface area contributed by atoms with Gasteiger partial charge in [-0.2, -0.15) is 0 Å². The minimum Gasteiger partial charge on any atom is -0.445 e. The second kappa shape index (κ2) is 10.2. The highest BCUT2D eigenvalue weighted by atomic mass is 31.2. The summed E-state index contributed by atoms with van der Waals surface area (Å²) in [6, 6.07) is 8.93. The highest BCUT2D eigenvalue weighted by molar-refractivity contribution is 7.46. The molecule has 0 aromatic heterocycles. The van der Waals surface area contributed by atoms with Gasteiger partial charge in [-0.25, -0.2) is 9.36 Å². The number of benzene rings is 1. The molecule has 134 valence electrons. The van der Waals surface area contributed by atoms with Crippen molar-refractivity contribution in [2.75, 3.05) is 13.1 Å². The highest BCUT2D eigenvalue weighted by Gasteiger charge is 2.28. The van der Waals surface area contributed by atoms with E-state index in [9.17, 15) is 14.2 Å². The SMILES string of the molecule is NCCCC(=O)C(CNC(=O)OCc1ccccc1)OP(=O)(O)O. The summed E-state index contributed by atoms with van der Waals surface area (Å²) < 4.78 is 20.3. The van der Waals surface area contributed by atoms with Gasteiger partial charge in [0.15, 0.2) is 5.78 Å². The van der Waals surface area contributed by atoms with Gasteiger partial charge in [0, 0.05) is 6.42 Å². The van der Waals surface area contributed by atoms with Gasteiger partial charge in [0.25, 0.3) is 0 Å². The molecule has 0 aliphatic rings. The molecular formula is C14H21N2O7P. The van der Waals surface area contributed by atoms with Crippen LogP contribution in [0.25, 0.3) is 0 Å². The Labute approximate surface area is 139 Å². The van der Waals surface area contributed by atoms with Gasteiger partial charge in [0.05, 0.1) is 6.54 Å². The number of Topliss-reactive ketones (excluding diaryl/α,β-unsaturated/α-hetero) is 1. The zero-order valence-electron chi connectivity index (χ0n) is 13.0. The first-order chi connectivity index (χ1) is 11.3. The summed E-state index contributed by atoms with van der Waals surface area (Å²) in [5.41, 5.74) is 6.06. The van der Waals surface area contributed by atoms with Gasteiger partial charge in [-0.1, -0.05) is 30.3 Å². The molecule has 0 saturated carbocycles. The fraction of sp³-hybridized carbons (Fsp3) is 0.429. The van der Waals surface area contributed by atoms with Crippen molar-refractivity contribution in [3.8, 4) is 0 Å². The largest absolute Gasteiger partial charge is 0.470 e. The second-order valence-corrected chi connectivity index (χ2v) is 6.08. The van der Waals surface area contributed by atoms with Crippen molar-refractivity contribution < 1.29 is 33.2 Å². The number of nitrogens with one attached hydrogen (secondary N) is 1. The topological polar surface area (TPSA) is 148 Å². The molecule has 1 rings (SSSR count). The number of phosphoric ester groups is 1.